The lowest BCUT2D eigenvalue weighted by molar-refractivity contribution is -0.141. The molecule has 10 heteroatoms. The van der Waals surface area contributed by atoms with Crippen molar-refractivity contribution in [2.75, 3.05) is 20.3 Å². The molecule has 0 radical (unpaired) electrons. The third-order valence-electron chi connectivity index (χ3n) is 3.35. The van der Waals surface area contributed by atoms with Crippen LogP contribution in [0.4, 0.5) is 8.78 Å². The van der Waals surface area contributed by atoms with E-state index in [0.29, 0.717) is 0 Å². The van der Waals surface area contributed by atoms with Crippen molar-refractivity contribution in [3.8, 4) is 5.75 Å². The third-order valence-corrected chi connectivity index (χ3v) is 4.75. The average molecular weight is 399 g/mol. The number of methoxy groups -OCH3 is 1. The standard InChI is InChI=1S/C17H15F2NO6S/c1-25-16-6-5-11(7-14(16)19)15(21)10-26-17(22)9-20-27(23,24)13-4-2-3-12(18)8-13/h2-8,20H,9-10H2,1H3. The zero-order valence-electron chi connectivity index (χ0n) is 14.1. The number of esters is 1. The molecule has 2 aromatic rings. The zero-order valence-corrected chi connectivity index (χ0v) is 14.9. The van der Waals surface area contributed by atoms with Gasteiger partial charge in [-0.2, -0.15) is 4.72 Å². The number of nitrogens with one attached hydrogen (secondary N) is 1. The van der Waals surface area contributed by atoms with E-state index in [1.54, 1.807) is 0 Å². The van der Waals surface area contributed by atoms with Gasteiger partial charge in [0, 0.05) is 5.56 Å². The number of carbonyl (C=O) groups excluding carboxylic acids is 2. The lowest BCUT2D eigenvalue weighted by atomic mass is 10.1. The minimum absolute atomic E-state index is 0.0403. The number of benzene rings is 2. The molecular weight excluding hydrogens is 384 g/mol. The summed E-state index contributed by atoms with van der Waals surface area (Å²) in [5.41, 5.74) is -0.0403. The van der Waals surface area contributed by atoms with Crippen molar-refractivity contribution in [3.63, 3.8) is 0 Å². The fourth-order valence-corrected chi connectivity index (χ4v) is 2.99. The Morgan fingerprint density at radius 1 is 1.11 bits per heavy atom. The molecule has 0 heterocycles. The Bertz CT molecular complexity index is 962. The maximum Gasteiger partial charge on any atom is 0.321 e. The van der Waals surface area contributed by atoms with Gasteiger partial charge in [-0.05, 0) is 36.4 Å². The number of hydrogen-bond acceptors (Lipinski definition) is 6. The Balaban J connectivity index is 1.89. The van der Waals surface area contributed by atoms with Crippen molar-refractivity contribution >= 4 is 21.8 Å². The highest BCUT2D eigenvalue weighted by Gasteiger charge is 2.18. The van der Waals surface area contributed by atoms with Gasteiger partial charge in [0.1, 0.15) is 12.4 Å². The largest absolute Gasteiger partial charge is 0.494 e. The maximum atomic E-state index is 13.6. The summed E-state index contributed by atoms with van der Waals surface area (Å²) in [7, 11) is -2.85. The maximum absolute atomic E-state index is 13.6. The Morgan fingerprint density at radius 3 is 2.48 bits per heavy atom. The average Bonchev–Trinajstić information content (AvgIpc) is 2.64. The molecule has 0 bridgehead atoms. The van der Waals surface area contributed by atoms with Gasteiger partial charge in [0.2, 0.25) is 10.0 Å². The highest BCUT2D eigenvalue weighted by molar-refractivity contribution is 7.89. The van der Waals surface area contributed by atoms with Gasteiger partial charge in [-0.3, -0.25) is 9.59 Å². The smallest absolute Gasteiger partial charge is 0.321 e. The molecule has 7 nitrogen and oxygen atoms in total. The molecule has 0 saturated carbocycles. The van der Waals surface area contributed by atoms with Gasteiger partial charge in [0.05, 0.1) is 12.0 Å². The van der Waals surface area contributed by atoms with E-state index in [1.807, 2.05) is 4.72 Å². The van der Waals surface area contributed by atoms with Crippen molar-refractivity contribution in [2.24, 2.45) is 0 Å². The Kier molecular flexibility index (Phi) is 6.59. The molecule has 0 unspecified atom stereocenters. The van der Waals surface area contributed by atoms with Crippen LogP contribution in [-0.4, -0.2) is 40.4 Å². The predicted molar refractivity (Wildman–Crippen MR) is 89.8 cm³/mol. The Hall–Kier alpha value is -2.85. The quantitative estimate of drug-likeness (QED) is 0.536. The van der Waals surface area contributed by atoms with E-state index in [0.717, 1.165) is 24.3 Å². The summed E-state index contributed by atoms with van der Waals surface area (Å²) in [5, 5.41) is 0. The van der Waals surface area contributed by atoms with Crippen molar-refractivity contribution in [1.82, 2.24) is 4.72 Å². The first kappa shape index (κ1) is 20.5. The molecule has 0 aromatic heterocycles. The highest BCUT2D eigenvalue weighted by Crippen LogP contribution is 2.18. The summed E-state index contributed by atoms with van der Waals surface area (Å²) in [4.78, 5) is 23.2. The van der Waals surface area contributed by atoms with Crippen LogP contribution in [0.15, 0.2) is 47.4 Å². The third kappa shape index (κ3) is 5.56. The summed E-state index contributed by atoms with van der Waals surface area (Å²) < 4.78 is 61.9. The molecule has 0 amide bonds. The van der Waals surface area contributed by atoms with Gasteiger partial charge in [0.15, 0.2) is 24.0 Å². The lowest BCUT2D eigenvalue weighted by Crippen LogP contribution is -2.31. The zero-order chi connectivity index (χ0) is 20.0. The van der Waals surface area contributed by atoms with Gasteiger partial charge < -0.3 is 9.47 Å². The number of sulfonamides is 1. The fraction of sp³-hybridized carbons (Fsp3) is 0.176. The number of ether oxygens (including phenoxy) is 2. The first-order valence-corrected chi connectivity index (χ1v) is 8.99. The molecular formula is C17H15F2NO6S. The van der Waals surface area contributed by atoms with E-state index < -0.39 is 46.6 Å². The van der Waals surface area contributed by atoms with E-state index in [9.17, 15) is 26.8 Å². The van der Waals surface area contributed by atoms with Crippen molar-refractivity contribution < 1.29 is 36.3 Å². The second-order valence-electron chi connectivity index (χ2n) is 5.22. The summed E-state index contributed by atoms with van der Waals surface area (Å²) in [5.74, 6) is -3.26. The van der Waals surface area contributed by atoms with Crippen LogP contribution in [0.3, 0.4) is 0 Å². The number of rotatable bonds is 8. The molecule has 0 aliphatic carbocycles. The number of halogens is 2. The molecule has 1 N–H and O–H groups in total. The van der Waals surface area contributed by atoms with Crippen LogP contribution in [0.1, 0.15) is 10.4 Å². The number of hydrogen-bond donors (Lipinski definition) is 1. The van der Waals surface area contributed by atoms with Crippen LogP contribution in [0, 0.1) is 11.6 Å². The topological polar surface area (TPSA) is 98.8 Å². The lowest BCUT2D eigenvalue weighted by Gasteiger charge is -2.08. The predicted octanol–water partition coefficient (Wildman–Crippen LogP) is 1.68. The molecule has 0 saturated heterocycles. The fourth-order valence-electron chi connectivity index (χ4n) is 1.99. The van der Waals surface area contributed by atoms with E-state index in [-0.39, 0.29) is 16.2 Å². The minimum Gasteiger partial charge on any atom is -0.494 e. The molecule has 2 aromatic carbocycles. The van der Waals surface area contributed by atoms with Crippen LogP contribution in [0.2, 0.25) is 0 Å². The molecule has 0 atom stereocenters. The molecule has 0 aliphatic heterocycles. The monoisotopic (exact) mass is 399 g/mol. The Morgan fingerprint density at radius 2 is 1.85 bits per heavy atom. The Labute approximate surface area is 154 Å². The number of ketones is 1. The van der Waals surface area contributed by atoms with Crippen molar-refractivity contribution in [2.45, 2.75) is 4.90 Å². The summed E-state index contributed by atoms with van der Waals surface area (Å²) in [6.07, 6.45) is 0. The second kappa shape index (κ2) is 8.69. The van der Waals surface area contributed by atoms with Crippen LogP contribution < -0.4 is 9.46 Å². The SMILES string of the molecule is COc1ccc(C(=O)COC(=O)CNS(=O)(=O)c2cccc(F)c2)cc1F. The molecule has 0 fully saturated rings. The molecule has 27 heavy (non-hydrogen) atoms. The number of carbonyl (C=O) groups is 2. The van der Waals surface area contributed by atoms with Gasteiger partial charge in [-0.15, -0.1) is 0 Å². The van der Waals surface area contributed by atoms with Crippen molar-refractivity contribution in [1.29, 1.82) is 0 Å². The molecule has 0 aliphatic rings. The first-order valence-electron chi connectivity index (χ1n) is 7.50. The van der Waals surface area contributed by atoms with Gasteiger partial charge in [-0.25, -0.2) is 17.2 Å². The van der Waals surface area contributed by atoms with E-state index in [4.69, 9.17) is 4.74 Å². The molecule has 144 valence electrons. The van der Waals surface area contributed by atoms with Gasteiger partial charge >= 0.3 is 5.97 Å². The minimum atomic E-state index is -4.12. The summed E-state index contributed by atoms with van der Waals surface area (Å²) >= 11 is 0. The van der Waals surface area contributed by atoms with E-state index in [1.165, 1.54) is 25.3 Å². The van der Waals surface area contributed by atoms with E-state index >= 15 is 0 Å². The number of Topliss-reactive ketones (excluding diaryl/α,β-unsaturated/α-hetero) is 1. The van der Waals surface area contributed by atoms with Crippen LogP contribution in [0.25, 0.3) is 0 Å². The van der Waals surface area contributed by atoms with Crippen LogP contribution in [0.5, 0.6) is 5.75 Å². The van der Waals surface area contributed by atoms with Crippen LogP contribution >= 0.6 is 0 Å². The van der Waals surface area contributed by atoms with Crippen molar-refractivity contribution in [3.05, 3.63) is 59.7 Å². The summed E-state index contributed by atoms with van der Waals surface area (Å²) in [6.45, 7) is -1.46. The van der Waals surface area contributed by atoms with E-state index in [2.05, 4.69) is 4.74 Å². The van der Waals surface area contributed by atoms with Gasteiger partial charge in [-0.1, -0.05) is 6.07 Å². The summed E-state index contributed by atoms with van der Waals surface area (Å²) in [6, 6.07) is 7.69. The molecule has 2 rings (SSSR count). The van der Waals surface area contributed by atoms with Gasteiger partial charge in [0.25, 0.3) is 0 Å². The normalized spacial score (nSPS) is 11.1. The molecule has 0 spiro atoms. The highest BCUT2D eigenvalue weighted by atomic mass is 32.2. The second-order valence-corrected chi connectivity index (χ2v) is 6.98. The van der Waals surface area contributed by atoms with Crippen LogP contribution in [-0.2, 0) is 19.6 Å². The first-order chi connectivity index (χ1) is 12.7.